The molecule has 1 aromatic heterocycles. The SMILES string of the molecule is Nc1c(I)cnn1CC1CCCC1. The highest BCUT2D eigenvalue weighted by Crippen LogP contribution is 2.27. The van der Waals surface area contributed by atoms with Crippen molar-refractivity contribution in [2.45, 2.75) is 32.2 Å². The number of hydrogen-bond donors (Lipinski definition) is 1. The number of aromatic nitrogens is 2. The van der Waals surface area contributed by atoms with Gasteiger partial charge in [0, 0.05) is 6.54 Å². The zero-order chi connectivity index (χ0) is 9.26. The molecule has 1 heterocycles. The average molecular weight is 291 g/mol. The number of halogens is 1. The number of nitrogen functional groups attached to an aromatic ring is 1. The van der Waals surface area contributed by atoms with E-state index in [0.717, 1.165) is 21.9 Å². The minimum Gasteiger partial charge on any atom is -0.383 e. The topological polar surface area (TPSA) is 43.8 Å². The van der Waals surface area contributed by atoms with E-state index in [1.54, 1.807) is 0 Å². The summed E-state index contributed by atoms with van der Waals surface area (Å²) in [7, 11) is 0. The van der Waals surface area contributed by atoms with E-state index in [-0.39, 0.29) is 0 Å². The molecular formula is C9H14IN3. The fourth-order valence-electron chi connectivity index (χ4n) is 1.96. The molecule has 0 aromatic carbocycles. The fraction of sp³-hybridized carbons (Fsp3) is 0.667. The summed E-state index contributed by atoms with van der Waals surface area (Å²) in [6.45, 7) is 1.01. The van der Waals surface area contributed by atoms with Gasteiger partial charge in [-0.25, -0.2) is 4.68 Å². The largest absolute Gasteiger partial charge is 0.383 e. The Balaban J connectivity index is 2.04. The minimum atomic E-state index is 0.804. The van der Waals surface area contributed by atoms with Crippen molar-refractivity contribution in [1.82, 2.24) is 9.78 Å². The van der Waals surface area contributed by atoms with Crippen LogP contribution in [0.15, 0.2) is 6.20 Å². The van der Waals surface area contributed by atoms with E-state index in [1.165, 1.54) is 25.7 Å². The van der Waals surface area contributed by atoms with Crippen LogP contribution in [0.3, 0.4) is 0 Å². The predicted octanol–water partition coefficient (Wildman–Crippen LogP) is 2.26. The molecule has 0 unspecified atom stereocenters. The maximum Gasteiger partial charge on any atom is 0.135 e. The van der Waals surface area contributed by atoms with E-state index in [1.807, 2.05) is 10.9 Å². The van der Waals surface area contributed by atoms with E-state index in [9.17, 15) is 0 Å². The highest BCUT2D eigenvalue weighted by Gasteiger charge is 2.17. The molecule has 0 saturated heterocycles. The van der Waals surface area contributed by atoms with Gasteiger partial charge in [-0.2, -0.15) is 5.10 Å². The van der Waals surface area contributed by atoms with Gasteiger partial charge in [0.2, 0.25) is 0 Å². The molecular weight excluding hydrogens is 277 g/mol. The van der Waals surface area contributed by atoms with Crippen LogP contribution in [-0.2, 0) is 6.54 Å². The third-order valence-electron chi connectivity index (χ3n) is 2.74. The Kier molecular flexibility index (Phi) is 2.76. The molecule has 3 nitrogen and oxygen atoms in total. The lowest BCUT2D eigenvalue weighted by molar-refractivity contribution is 0.433. The Morgan fingerprint density at radius 2 is 2.23 bits per heavy atom. The Morgan fingerprint density at radius 1 is 1.54 bits per heavy atom. The molecule has 0 aliphatic heterocycles. The number of hydrogen-bond acceptors (Lipinski definition) is 2. The molecule has 72 valence electrons. The second-order valence-electron chi connectivity index (χ2n) is 3.71. The molecule has 0 radical (unpaired) electrons. The van der Waals surface area contributed by atoms with Crippen molar-refractivity contribution in [2.24, 2.45) is 5.92 Å². The maximum atomic E-state index is 5.87. The van der Waals surface area contributed by atoms with Crippen LogP contribution in [0, 0.1) is 9.49 Å². The number of anilines is 1. The summed E-state index contributed by atoms with van der Waals surface area (Å²) in [5.74, 6) is 1.63. The van der Waals surface area contributed by atoms with Gasteiger partial charge in [0.1, 0.15) is 5.82 Å². The summed E-state index contributed by atoms with van der Waals surface area (Å²) in [5, 5.41) is 4.26. The summed E-state index contributed by atoms with van der Waals surface area (Å²) >= 11 is 2.22. The first-order valence-corrected chi connectivity index (χ1v) is 5.82. The van der Waals surface area contributed by atoms with E-state index >= 15 is 0 Å². The number of rotatable bonds is 2. The Labute approximate surface area is 91.8 Å². The lowest BCUT2D eigenvalue weighted by atomic mass is 10.1. The molecule has 1 aromatic rings. The molecule has 0 spiro atoms. The maximum absolute atomic E-state index is 5.87. The predicted molar refractivity (Wildman–Crippen MR) is 61.3 cm³/mol. The van der Waals surface area contributed by atoms with Gasteiger partial charge in [0.25, 0.3) is 0 Å². The molecule has 1 saturated carbocycles. The highest BCUT2D eigenvalue weighted by atomic mass is 127. The van der Waals surface area contributed by atoms with Gasteiger partial charge in [-0.3, -0.25) is 0 Å². The summed E-state index contributed by atoms with van der Waals surface area (Å²) < 4.78 is 3.01. The van der Waals surface area contributed by atoms with Crippen molar-refractivity contribution in [2.75, 3.05) is 5.73 Å². The fourth-order valence-corrected chi connectivity index (χ4v) is 2.36. The molecule has 2 N–H and O–H groups in total. The lowest BCUT2D eigenvalue weighted by Crippen LogP contribution is -2.11. The molecule has 2 rings (SSSR count). The van der Waals surface area contributed by atoms with E-state index in [4.69, 9.17) is 5.73 Å². The van der Waals surface area contributed by atoms with Crippen molar-refractivity contribution in [3.05, 3.63) is 9.77 Å². The van der Waals surface area contributed by atoms with Gasteiger partial charge >= 0.3 is 0 Å². The Morgan fingerprint density at radius 3 is 2.77 bits per heavy atom. The molecule has 0 bridgehead atoms. The van der Waals surface area contributed by atoms with Crippen molar-refractivity contribution in [1.29, 1.82) is 0 Å². The molecule has 1 aliphatic rings. The minimum absolute atomic E-state index is 0.804. The van der Waals surface area contributed by atoms with Crippen molar-refractivity contribution >= 4 is 28.4 Å². The third kappa shape index (κ3) is 1.98. The third-order valence-corrected chi connectivity index (χ3v) is 3.57. The summed E-state index contributed by atoms with van der Waals surface area (Å²) in [4.78, 5) is 0. The van der Waals surface area contributed by atoms with Gasteiger partial charge < -0.3 is 5.73 Å². The Bertz CT molecular complexity index is 289. The molecule has 0 atom stereocenters. The van der Waals surface area contributed by atoms with Gasteiger partial charge in [0.15, 0.2) is 0 Å². The van der Waals surface area contributed by atoms with E-state index < -0.39 is 0 Å². The van der Waals surface area contributed by atoms with Crippen molar-refractivity contribution in [3.8, 4) is 0 Å². The van der Waals surface area contributed by atoms with Gasteiger partial charge in [-0.15, -0.1) is 0 Å². The molecule has 0 amide bonds. The monoisotopic (exact) mass is 291 g/mol. The first-order valence-electron chi connectivity index (χ1n) is 4.74. The highest BCUT2D eigenvalue weighted by molar-refractivity contribution is 14.1. The first-order chi connectivity index (χ1) is 6.27. The van der Waals surface area contributed by atoms with Crippen LogP contribution in [0.4, 0.5) is 5.82 Å². The standard InChI is InChI=1S/C9H14IN3/c10-8-5-12-13(9(8)11)6-7-3-1-2-4-7/h5,7H,1-4,6,11H2. The molecule has 13 heavy (non-hydrogen) atoms. The van der Waals surface area contributed by atoms with Crippen LogP contribution in [0.5, 0.6) is 0 Å². The molecule has 4 heteroatoms. The summed E-state index contributed by atoms with van der Waals surface area (Å²) in [5.41, 5.74) is 5.87. The Hall–Kier alpha value is -0.260. The van der Waals surface area contributed by atoms with Crippen molar-refractivity contribution in [3.63, 3.8) is 0 Å². The second-order valence-corrected chi connectivity index (χ2v) is 4.87. The van der Waals surface area contributed by atoms with E-state index in [2.05, 4.69) is 27.7 Å². The zero-order valence-electron chi connectivity index (χ0n) is 7.54. The van der Waals surface area contributed by atoms with Gasteiger partial charge in [0.05, 0.1) is 9.77 Å². The van der Waals surface area contributed by atoms with Crippen LogP contribution < -0.4 is 5.73 Å². The van der Waals surface area contributed by atoms with E-state index in [0.29, 0.717) is 0 Å². The average Bonchev–Trinajstić information content (AvgIpc) is 2.71. The van der Waals surface area contributed by atoms with Gasteiger partial charge in [-0.1, -0.05) is 12.8 Å². The van der Waals surface area contributed by atoms with Crippen molar-refractivity contribution < 1.29 is 0 Å². The second kappa shape index (κ2) is 3.86. The number of nitrogens with two attached hydrogens (primary N) is 1. The zero-order valence-corrected chi connectivity index (χ0v) is 9.70. The summed E-state index contributed by atoms with van der Waals surface area (Å²) in [6.07, 6.45) is 7.28. The van der Waals surface area contributed by atoms with Gasteiger partial charge in [-0.05, 0) is 41.4 Å². The molecule has 1 aliphatic carbocycles. The van der Waals surface area contributed by atoms with Crippen LogP contribution >= 0.6 is 22.6 Å². The quantitative estimate of drug-likeness (QED) is 0.849. The van der Waals surface area contributed by atoms with Crippen LogP contribution in [0.2, 0.25) is 0 Å². The summed E-state index contributed by atoms with van der Waals surface area (Å²) in [6, 6.07) is 0. The normalized spacial score (nSPS) is 18.2. The first kappa shape index (κ1) is 9.30. The van der Waals surface area contributed by atoms with Crippen LogP contribution in [-0.4, -0.2) is 9.78 Å². The smallest absolute Gasteiger partial charge is 0.135 e. The van der Waals surface area contributed by atoms with Crippen LogP contribution in [0.25, 0.3) is 0 Å². The number of nitrogens with zero attached hydrogens (tertiary/aromatic N) is 2. The molecule has 1 fully saturated rings. The van der Waals surface area contributed by atoms with Crippen LogP contribution in [0.1, 0.15) is 25.7 Å². The lowest BCUT2D eigenvalue weighted by Gasteiger charge is -2.09.